The van der Waals surface area contributed by atoms with E-state index in [2.05, 4.69) is 0 Å². The van der Waals surface area contributed by atoms with Gasteiger partial charge < -0.3 is 10.4 Å². The molecule has 0 aliphatic carbocycles. The lowest BCUT2D eigenvalue weighted by Gasteiger charge is -2.15. The standard InChI is InChI=1S/C9H14F3NO3S/c1-5(2)7(8(15)16)17-3-6(14)13-4-9(10,11)12/h5,7H,3-4H2,1-2H3,(H,13,14)(H,15,16). The lowest BCUT2D eigenvalue weighted by Crippen LogP contribution is -2.35. The van der Waals surface area contributed by atoms with Crippen LogP contribution in [-0.2, 0) is 9.59 Å². The van der Waals surface area contributed by atoms with Gasteiger partial charge in [-0.25, -0.2) is 0 Å². The third-order valence-corrected chi connectivity index (χ3v) is 3.26. The number of carboxylic acids is 1. The molecule has 0 bridgehead atoms. The number of hydrogen-bond donors (Lipinski definition) is 2. The molecule has 0 aromatic heterocycles. The van der Waals surface area contributed by atoms with Crippen LogP contribution in [0.15, 0.2) is 0 Å². The topological polar surface area (TPSA) is 66.4 Å². The zero-order valence-corrected chi connectivity index (χ0v) is 10.2. The highest BCUT2D eigenvalue weighted by atomic mass is 32.2. The van der Waals surface area contributed by atoms with E-state index in [1.807, 2.05) is 0 Å². The summed E-state index contributed by atoms with van der Waals surface area (Å²) >= 11 is 0.817. The molecule has 1 amide bonds. The number of halogens is 3. The number of aliphatic carboxylic acids is 1. The van der Waals surface area contributed by atoms with Gasteiger partial charge >= 0.3 is 12.1 Å². The van der Waals surface area contributed by atoms with Crippen molar-refractivity contribution in [2.24, 2.45) is 5.92 Å². The highest BCUT2D eigenvalue weighted by molar-refractivity contribution is 8.01. The summed E-state index contributed by atoms with van der Waals surface area (Å²) in [6.45, 7) is 1.94. The zero-order valence-electron chi connectivity index (χ0n) is 9.37. The summed E-state index contributed by atoms with van der Waals surface area (Å²) in [5.74, 6) is -2.40. The molecule has 0 aromatic rings. The van der Waals surface area contributed by atoms with Gasteiger partial charge in [-0.1, -0.05) is 13.8 Å². The predicted octanol–water partition coefficient (Wildman–Crippen LogP) is 1.51. The maximum absolute atomic E-state index is 11.8. The molecule has 2 N–H and O–H groups in total. The van der Waals surface area contributed by atoms with Crippen LogP contribution < -0.4 is 5.32 Å². The van der Waals surface area contributed by atoms with Gasteiger partial charge in [-0.15, -0.1) is 11.8 Å². The van der Waals surface area contributed by atoms with Gasteiger partial charge in [0.05, 0.1) is 5.75 Å². The van der Waals surface area contributed by atoms with E-state index < -0.39 is 29.8 Å². The van der Waals surface area contributed by atoms with Crippen molar-refractivity contribution in [3.8, 4) is 0 Å². The Morgan fingerprint density at radius 3 is 2.24 bits per heavy atom. The average molecular weight is 273 g/mol. The van der Waals surface area contributed by atoms with E-state index >= 15 is 0 Å². The van der Waals surface area contributed by atoms with Crippen molar-refractivity contribution in [3.05, 3.63) is 0 Å². The van der Waals surface area contributed by atoms with Crippen molar-refractivity contribution in [2.45, 2.75) is 25.3 Å². The second-order valence-corrected chi connectivity index (χ2v) is 4.84. The lowest BCUT2D eigenvalue weighted by molar-refractivity contribution is -0.137. The lowest BCUT2D eigenvalue weighted by atomic mass is 10.1. The van der Waals surface area contributed by atoms with Crippen molar-refractivity contribution in [2.75, 3.05) is 12.3 Å². The van der Waals surface area contributed by atoms with Gasteiger partial charge in [0.25, 0.3) is 0 Å². The first kappa shape index (κ1) is 16.1. The Labute approximate surface area is 101 Å². The Hall–Kier alpha value is -0.920. The van der Waals surface area contributed by atoms with Crippen LogP contribution in [0.25, 0.3) is 0 Å². The van der Waals surface area contributed by atoms with Crippen LogP contribution in [0.5, 0.6) is 0 Å². The minimum atomic E-state index is -4.45. The Kier molecular flexibility index (Phi) is 6.36. The van der Waals surface area contributed by atoms with Crippen LogP contribution in [0.3, 0.4) is 0 Å². The van der Waals surface area contributed by atoms with Crippen LogP contribution in [0.1, 0.15) is 13.8 Å². The maximum Gasteiger partial charge on any atom is 0.405 e. The van der Waals surface area contributed by atoms with Gasteiger partial charge in [0.15, 0.2) is 0 Å². The van der Waals surface area contributed by atoms with Gasteiger partial charge in [0, 0.05) is 0 Å². The number of carbonyl (C=O) groups excluding carboxylic acids is 1. The van der Waals surface area contributed by atoms with E-state index in [0.717, 1.165) is 11.8 Å². The molecule has 0 saturated heterocycles. The predicted molar refractivity (Wildman–Crippen MR) is 57.8 cm³/mol. The number of carbonyl (C=O) groups is 2. The van der Waals surface area contributed by atoms with E-state index in [4.69, 9.17) is 5.11 Å². The summed E-state index contributed by atoms with van der Waals surface area (Å²) in [6.07, 6.45) is -4.45. The van der Waals surface area contributed by atoms with Crippen molar-refractivity contribution < 1.29 is 27.9 Å². The summed E-state index contributed by atoms with van der Waals surface area (Å²) in [7, 11) is 0. The maximum atomic E-state index is 11.8. The number of nitrogens with one attached hydrogen (secondary N) is 1. The zero-order chi connectivity index (χ0) is 13.6. The van der Waals surface area contributed by atoms with Gasteiger partial charge in [-0.2, -0.15) is 13.2 Å². The number of thioether (sulfide) groups is 1. The van der Waals surface area contributed by atoms with Gasteiger partial charge in [0.2, 0.25) is 5.91 Å². The molecule has 4 nitrogen and oxygen atoms in total. The SMILES string of the molecule is CC(C)C(SCC(=O)NCC(F)(F)F)C(=O)O. The third-order valence-electron chi connectivity index (χ3n) is 1.73. The molecule has 0 aromatic carbocycles. The molecule has 1 unspecified atom stereocenters. The number of alkyl halides is 3. The molecular formula is C9H14F3NO3S. The van der Waals surface area contributed by atoms with Crippen LogP contribution in [0.4, 0.5) is 13.2 Å². The number of amides is 1. The fraction of sp³-hybridized carbons (Fsp3) is 0.778. The van der Waals surface area contributed by atoms with Crippen LogP contribution >= 0.6 is 11.8 Å². The first-order valence-corrected chi connectivity index (χ1v) is 5.86. The first-order valence-electron chi connectivity index (χ1n) is 4.81. The van der Waals surface area contributed by atoms with E-state index in [1.165, 1.54) is 0 Å². The second-order valence-electron chi connectivity index (χ2n) is 3.71. The van der Waals surface area contributed by atoms with Crippen LogP contribution in [0, 0.1) is 5.92 Å². The first-order chi connectivity index (χ1) is 7.63. The molecule has 0 saturated carbocycles. The summed E-state index contributed by atoms with van der Waals surface area (Å²) in [4.78, 5) is 21.8. The highest BCUT2D eigenvalue weighted by Gasteiger charge is 2.28. The Morgan fingerprint density at radius 1 is 1.35 bits per heavy atom. The number of carboxylic acid groups (broad SMARTS) is 1. The van der Waals surface area contributed by atoms with E-state index in [-0.39, 0.29) is 11.7 Å². The van der Waals surface area contributed by atoms with Gasteiger partial charge in [-0.05, 0) is 5.92 Å². The summed E-state index contributed by atoms with van der Waals surface area (Å²) in [5.41, 5.74) is 0. The fourth-order valence-corrected chi connectivity index (χ4v) is 1.92. The quantitative estimate of drug-likeness (QED) is 0.770. The smallest absolute Gasteiger partial charge is 0.405 e. The normalized spacial score (nSPS) is 13.5. The molecule has 17 heavy (non-hydrogen) atoms. The number of hydrogen-bond acceptors (Lipinski definition) is 3. The number of rotatable bonds is 6. The fourth-order valence-electron chi connectivity index (χ4n) is 0.964. The molecule has 100 valence electrons. The minimum Gasteiger partial charge on any atom is -0.480 e. The molecule has 0 radical (unpaired) electrons. The molecule has 0 spiro atoms. The Balaban J connectivity index is 4.02. The van der Waals surface area contributed by atoms with Gasteiger partial charge in [0.1, 0.15) is 11.8 Å². The minimum absolute atomic E-state index is 0.201. The summed E-state index contributed by atoms with van der Waals surface area (Å²) in [5, 5.41) is 9.66. The second kappa shape index (κ2) is 6.73. The van der Waals surface area contributed by atoms with E-state index in [1.54, 1.807) is 19.2 Å². The van der Waals surface area contributed by atoms with Crippen molar-refractivity contribution in [3.63, 3.8) is 0 Å². The molecule has 0 heterocycles. The molecular weight excluding hydrogens is 259 g/mol. The van der Waals surface area contributed by atoms with Crippen LogP contribution in [0.2, 0.25) is 0 Å². The highest BCUT2D eigenvalue weighted by Crippen LogP contribution is 2.19. The molecule has 0 rings (SSSR count). The van der Waals surface area contributed by atoms with Gasteiger partial charge in [-0.3, -0.25) is 9.59 Å². The third kappa shape index (κ3) is 7.89. The summed E-state index contributed by atoms with van der Waals surface area (Å²) in [6, 6.07) is 0. The Morgan fingerprint density at radius 2 is 1.88 bits per heavy atom. The van der Waals surface area contributed by atoms with Crippen LogP contribution in [-0.4, -0.2) is 40.7 Å². The van der Waals surface area contributed by atoms with E-state index in [9.17, 15) is 22.8 Å². The van der Waals surface area contributed by atoms with E-state index in [0.29, 0.717) is 0 Å². The Bertz CT molecular complexity index is 281. The average Bonchev–Trinajstić information content (AvgIpc) is 2.12. The monoisotopic (exact) mass is 273 g/mol. The molecule has 1 atom stereocenters. The molecule has 0 aliphatic heterocycles. The van der Waals surface area contributed by atoms with Crippen molar-refractivity contribution in [1.82, 2.24) is 5.32 Å². The molecule has 0 aliphatic rings. The van der Waals surface area contributed by atoms with Crippen molar-refractivity contribution in [1.29, 1.82) is 0 Å². The van der Waals surface area contributed by atoms with Crippen molar-refractivity contribution >= 4 is 23.6 Å². The molecule has 8 heteroatoms. The summed E-state index contributed by atoms with van der Waals surface area (Å²) < 4.78 is 35.3. The largest absolute Gasteiger partial charge is 0.480 e. The molecule has 0 fully saturated rings.